The number of nitriles is 1. The van der Waals surface area contributed by atoms with E-state index < -0.39 is 0 Å². The summed E-state index contributed by atoms with van der Waals surface area (Å²) in [4.78, 5) is 6.94. The molecule has 0 amide bonds. The highest BCUT2D eigenvalue weighted by Gasteiger charge is 2.19. The molecule has 1 aliphatic heterocycles. The molecule has 0 bridgehead atoms. The summed E-state index contributed by atoms with van der Waals surface area (Å²) in [6.07, 6.45) is 5.15. The standard InChI is InChI=1S/C23H24N8S/c1-15(2)27-19-11-20(21-7-6-17-10-16(12-24)13-26-31(17)21)25-14-18(19)22-28-29-23(32-22)30-8-4-3-5-9-30/h6-7,10-11,13-15H,3-5,8-9H2,1-2H3,(H,25,27)/i3D. The maximum absolute atomic E-state index is 9.14. The molecule has 0 radical (unpaired) electrons. The summed E-state index contributed by atoms with van der Waals surface area (Å²) in [6.45, 7) is 5.88. The van der Waals surface area contributed by atoms with Crippen LogP contribution in [-0.4, -0.2) is 43.9 Å². The molecule has 4 aromatic heterocycles. The third-order valence-electron chi connectivity index (χ3n) is 5.36. The molecule has 4 aromatic rings. The Morgan fingerprint density at radius 3 is 2.81 bits per heavy atom. The van der Waals surface area contributed by atoms with Crippen molar-refractivity contribution in [3.8, 4) is 28.0 Å². The number of fused-ring (bicyclic) bond motifs is 1. The lowest BCUT2D eigenvalue weighted by molar-refractivity contribution is 0.575. The van der Waals surface area contributed by atoms with E-state index in [4.69, 9.17) is 11.6 Å². The first-order valence-corrected chi connectivity index (χ1v) is 11.5. The Balaban J connectivity index is 1.50. The Morgan fingerprint density at radius 2 is 2.03 bits per heavy atom. The zero-order chi connectivity index (χ0) is 22.9. The van der Waals surface area contributed by atoms with Crippen LogP contribution in [0.4, 0.5) is 10.8 Å². The molecule has 32 heavy (non-hydrogen) atoms. The first-order valence-electron chi connectivity index (χ1n) is 11.3. The molecule has 5 heterocycles. The van der Waals surface area contributed by atoms with Crippen LogP contribution in [0.15, 0.2) is 36.7 Å². The van der Waals surface area contributed by atoms with Crippen molar-refractivity contribution >= 4 is 27.7 Å². The zero-order valence-electron chi connectivity index (χ0n) is 19.0. The van der Waals surface area contributed by atoms with Crippen LogP contribution in [0.3, 0.4) is 0 Å². The van der Waals surface area contributed by atoms with Crippen molar-refractivity contribution in [1.29, 1.82) is 5.26 Å². The molecule has 1 saturated heterocycles. The summed E-state index contributed by atoms with van der Waals surface area (Å²) in [5, 5.41) is 27.7. The first kappa shape index (κ1) is 19.2. The predicted octanol–water partition coefficient (Wildman–Crippen LogP) is 4.60. The fraction of sp³-hybridized carbons (Fsp3) is 0.348. The highest BCUT2D eigenvalue weighted by Crippen LogP contribution is 2.36. The molecular formula is C23H24N8S. The highest BCUT2D eigenvalue weighted by atomic mass is 32.1. The minimum absolute atomic E-state index is 0.0262. The van der Waals surface area contributed by atoms with Gasteiger partial charge in [0.25, 0.3) is 0 Å². The van der Waals surface area contributed by atoms with Crippen LogP contribution in [0.5, 0.6) is 0 Å². The van der Waals surface area contributed by atoms with Crippen LogP contribution in [0.1, 0.15) is 40.0 Å². The SMILES string of the molecule is [2H]C1CCN(c2nnc(-c3cnc(-c4ccc5cc(C#N)cnn45)cc3NC(C)C)s2)CC1. The van der Waals surface area contributed by atoms with Gasteiger partial charge < -0.3 is 10.2 Å². The third kappa shape index (κ3) is 3.89. The molecule has 5 rings (SSSR count). The molecule has 0 unspecified atom stereocenters. The summed E-state index contributed by atoms with van der Waals surface area (Å²) in [6, 6.07) is 10.1. The maximum Gasteiger partial charge on any atom is 0.208 e. The monoisotopic (exact) mass is 445 g/mol. The Labute approximate surface area is 192 Å². The van der Waals surface area contributed by atoms with Gasteiger partial charge in [0.2, 0.25) is 5.13 Å². The second kappa shape index (κ2) is 8.55. The van der Waals surface area contributed by atoms with Gasteiger partial charge >= 0.3 is 0 Å². The van der Waals surface area contributed by atoms with Gasteiger partial charge in [-0.25, -0.2) is 4.52 Å². The second-order valence-corrected chi connectivity index (χ2v) is 9.02. The van der Waals surface area contributed by atoms with Gasteiger partial charge in [0.05, 0.1) is 34.2 Å². The Kier molecular flexibility index (Phi) is 5.13. The summed E-state index contributed by atoms with van der Waals surface area (Å²) < 4.78 is 9.70. The molecule has 1 aliphatic rings. The van der Waals surface area contributed by atoms with Gasteiger partial charge in [0, 0.05) is 32.4 Å². The van der Waals surface area contributed by atoms with Gasteiger partial charge in [-0.05, 0) is 57.4 Å². The number of anilines is 2. The molecule has 8 nitrogen and oxygen atoms in total. The molecule has 0 saturated carbocycles. The predicted molar refractivity (Wildman–Crippen MR) is 127 cm³/mol. The van der Waals surface area contributed by atoms with Gasteiger partial charge in [0.15, 0.2) is 5.01 Å². The lowest BCUT2D eigenvalue weighted by atomic mass is 10.1. The molecule has 0 aliphatic carbocycles. The van der Waals surface area contributed by atoms with E-state index in [2.05, 4.69) is 45.4 Å². The van der Waals surface area contributed by atoms with E-state index in [0.717, 1.165) is 64.2 Å². The van der Waals surface area contributed by atoms with Crippen molar-refractivity contribution in [1.82, 2.24) is 24.8 Å². The second-order valence-electron chi connectivity index (χ2n) is 8.07. The number of hydrogen-bond acceptors (Lipinski definition) is 8. The average molecular weight is 446 g/mol. The maximum atomic E-state index is 9.14. The number of aromatic nitrogens is 5. The van der Waals surface area contributed by atoms with E-state index in [1.165, 1.54) is 0 Å². The molecule has 9 heteroatoms. The van der Waals surface area contributed by atoms with Gasteiger partial charge in [0.1, 0.15) is 6.07 Å². The Morgan fingerprint density at radius 1 is 1.19 bits per heavy atom. The molecule has 162 valence electrons. The van der Waals surface area contributed by atoms with E-state index in [1.807, 2.05) is 30.5 Å². The Bertz CT molecular complexity index is 1330. The van der Waals surface area contributed by atoms with E-state index in [-0.39, 0.29) is 12.4 Å². The summed E-state index contributed by atoms with van der Waals surface area (Å²) in [5.41, 5.74) is 4.85. The summed E-state index contributed by atoms with van der Waals surface area (Å²) >= 11 is 1.56. The number of pyridine rings is 1. The third-order valence-corrected chi connectivity index (χ3v) is 6.38. The average Bonchev–Trinajstić information content (AvgIpc) is 3.46. The quantitative estimate of drug-likeness (QED) is 0.480. The summed E-state index contributed by atoms with van der Waals surface area (Å²) in [7, 11) is 0. The van der Waals surface area contributed by atoms with Crippen molar-refractivity contribution in [2.75, 3.05) is 23.3 Å². The van der Waals surface area contributed by atoms with E-state index >= 15 is 0 Å². The van der Waals surface area contributed by atoms with Crippen LogP contribution in [0.25, 0.3) is 27.5 Å². The van der Waals surface area contributed by atoms with Gasteiger partial charge in [-0.1, -0.05) is 11.3 Å². The van der Waals surface area contributed by atoms with Crippen molar-refractivity contribution in [3.63, 3.8) is 0 Å². The minimum Gasteiger partial charge on any atom is -0.382 e. The van der Waals surface area contributed by atoms with Crippen molar-refractivity contribution in [2.45, 2.75) is 39.1 Å². The van der Waals surface area contributed by atoms with Gasteiger partial charge in [-0.2, -0.15) is 10.4 Å². The fourth-order valence-corrected chi connectivity index (χ4v) is 4.76. The largest absolute Gasteiger partial charge is 0.382 e. The minimum atomic E-state index is 0.0262. The van der Waals surface area contributed by atoms with Crippen LogP contribution in [-0.2, 0) is 0 Å². The van der Waals surface area contributed by atoms with Crippen LogP contribution in [0, 0.1) is 11.3 Å². The highest BCUT2D eigenvalue weighted by molar-refractivity contribution is 7.18. The number of piperidine rings is 1. The number of hydrogen-bond donors (Lipinski definition) is 1. The number of nitrogens with zero attached hydrogens (tertiary/aromatic N) is 7. The summed E-state index contributed by atoms with van der Waals surface area (Å²) in [5.74, 6) is 0. The molecule has 1 fully saturated rings. The van der Waals surface area contributed by atoms with Gasteiger partial charge in [-0.3, -0.25) is 4.98 Å². The van der Waals surface area contributed by atoms with Crippen molar-refractivity contribution < 1.29 is 1.37 Å². The molecule has 0 spiro atoms. The van der Waals surface area contributed by atoms with Gasteiger partial charge in [-0.15, -0.1) is 10.2 Å². The molecule has 0 atom stereocenters. The van der Waals surface area contributed by atoms with Crippen molar-refractivity contribution in [2.24, 2.45) is 0 Å². The molecular weight excluding hydrogens is 420 g/mol. The van der Waals surface area contributed by atoms with Crippen LogP contribution >= 0.6 is 11.3 Å². The van der Waals surface area contributed by atoms with Crippen molar-refractivity contribution in [3.05, 3.63) is 42.2 Å². The van der Waals surface area contributed by atoms with E-state index in [9.17, 15) is 0 Å². The Hall–Kier alpha value is -3.51. The smallest absolute Gasteiger partial charge is 0.208 e. The lowest BCUT2D eigenvalue weighted by Gasteiger charge is -2.25. The topological polar surface area (TPSA) is 95.0 Å². The van der Waals surface area contributed by atoms with E-state index in [0.29, 0.717) is 5.56 Å². The lowest BCUT2D eigenvalue weighted by Crippen LogP contribution is -2.29. The van der Waals surface area contributed by atoms with Crippen LogP contribution < -0.4 is 10.2 Å². The number of rotatable bonds is 5. The fourth-order valence-electron chi connectivity index (χ4n) is 3.84. The normalized spacial score (nSPS) is 15.2. The van der Waals surface area contributed by atoms with Crippen LogP contribution in [0.2, 0.25) is 0 Å². The molecule has 0 aromatic carbocycles. The molecule has 1 N–H and O–H groups in total. The number of nitrogens with one attached hydrogen (secondary N) is 1. The van der Waals surface area contributed by atoms with E-state index in [1.54, 1.807) is 22.0 Å². The first-order chi connectivity index (χ1) is 16.0. The zero-order valence-corrected chi connectivity index (χ0v) is 18.8.